The van der Waals surface area contributed by atoms with Crippen molar-refractivity contribution in [1.82, 2.24) is 14.7 Å². The van der Waals surface area contributed by atoms with Gasteiger partial charge in [-0.3, -0.25) is 9.58 Å². The number of benzene rings is 1. The van der Waals surface area contributed by atoms with E-state index in [0.717, 1.165) is 5.69 Å². The molecule has 0 unspecified atom stereocenters. The van der Waals surface area contributed by atoms with Crippen LogP contribution >= 0.6 is 0 Å². The lowest BCUT2D eigenvalue weighted by molar-refractivity contribution is 0.263. The summed E-state index contributed by atoms with van der Waals surface area (Å²) in [5, 5.41) is 4.42. The van der Waals surface area contributed by atoms with Gasteiger partial charge in [0.25, 0.3) is 0 Å². The predicted molar refractivity (Wildman–Crippen MR) is 82.6 cm³/mol. The van der Waals surface area contributed by atoms with Crippen molar-refractivity contribution in [2.45, 2.75) is 32.7 Å². The number of aryl methyl sites for hydroxylation is 2. The van der Waals surface area contributed by atoms with Crippen LogP contribution < -0.4 is 0 Å². The molecular formula is C17H23N3. The number of aromatic nitrogens is 2. The van der Waals surface area contributed by atoms with E-state index in [1.54, 1.807) is 0 Å². The molecule has 1 atom stereocenters. The van der Waals surface area contributed by atoms with Crippen LogP contribution in [0.3, 0.4) is 0 Å². The van der Waals surface area contributed by atoms with Gasteiger partial charge in [-0.25, -0.2) is 0 Å². The normalized spacial score (nSPS) is 17.6. The van der Waals surface area contributed by atoms with Gasteiger partial charge in [0.05, 0.1) is 5.69 Å². The Morgan fingerprint density at radius 3 is 2.30 bits per heavy atom. The Hall–Kier alpha value is -1.61. The van der Waals surface area contributed by atoms with Crippen LogP contribution in [0.2, 0.25) is 0 Å². The van der Waals surface area contributed by atoms with E-state index in [4.69, 9.17) is 0 Å². The molecule has 2 aromatic rings. The SMILES string of the molecule is Cc1nn(C)cc1-c1ccc([C@@H](C)N2CCCC2)cc1. The summed E-state index contributed by atoms with van der Waals surface area (Å²) >= 11 is 0. The van der Waals surface area contributed by atoms with Crippen LogP contribution in [-0.4, -0.2) is 27.8 Å². The van der Waals surface area contributed by atoms with Gasteiger partial charge in [-0.1, -0.05) is 24.3 Å². The fourth-order valence-electron chi connectivity index (χ4n) is 3.16. The minimum atomic E-state index is 0.529. The van der Waals surface area contributed by atoms with Gasteiger partial charge in [0.1, 0.15) is 0 Å². The van der Waals surface area contributed by atoms with Crippen molar-refractivity contribution in [3.63, 3.8) is 0 Å². The van der Waals surface area contributed by atoms with Crippen LogP contribution in [0.25, 0.3) is 11.1 Å². The zero-order chi connectivity index (χ0) is 14.1. The Morgan fingerprint density at radius 1 is 1.10 bits per heavy atom. The zero-order valence-corrected chi connectivity index (χ0v) is 12.6. The lowest BCUT2D eigenvalue weighted by Gasteiger charge is -2.24. The number of likely N-dealkylation sites (tertiary alicyclic amines) is 1. The minimum Gasteiger partial charge on any atom is -0.297 e. The summed E-state index contributed by atoms with van der Waals surface area (Å²) < 4.78 is 1.88. The third kappa shape index (κ3) is 2.50. The van der Waals surface area contributed by atoms with Crippen molar-refractivity contribution >= 4 is 0 Å². The molecule has 0 aliphatic carbocycles. The van der Waals surface area contributed by atoms with Crippen LogP contribution in [0.1, 0.15) is 37.1 Å². The Morgan fingerprint density at radius 2 is 1.75 bits per heavy atom. The third-order valence-electron chi connectivity index (χ3n) is 4.41. The fourth-order valence-corrected chi connectivity index (χ4v) is 3.16. The lowest BCUT2D eigenvalue weighted by Crippen LogP contribution is -2.23. The first kappa shape index (κ1) is 13.4. The molecule has 3 nitrogen and oxygen atoms in total. The molecule has 0 saturated carbocycles. The highest BCUT2D eigenvalue weighted by molar-refractivity contribution is 5.65. The zero-order valence-electron chi connectivity index (χ0n) is 12.6. The van der Waals surface area contributed by atoms with Crippen LogP contribution in [-0.2, 0) is 7.05 Å². The fraction of sp³-hybridized carbons (Fsp3) is 0.471. The van der Waals surface area contributed by atoms with Gasteiger partial charge in [-0.2, -0.15) is 5.10 Å². The molecule has 1 saturated heterocycles. The minimum absolute atomic E-state index is 0.529. The maximum atomic E-state index is 4.42. The highest BCUT2D eigenvalue weighted by atomic mass is 15.2. The van der Waals surface area contributed by atoms with Gasteiger partial charge in [0, 0.05) is 24.8 Å². The van der Waals surface area contributed by atoms with E-state index >= 15 is 0 Å². The standard InChI is InChI=1S/C17H23N3/c1-13-17(12-19(3)18-13)16-8-6-15(7-9-16)14(2)20-10-4-5-11-20/h6-9,12,14H,4-5,10-11H2,1-3H3/t14-/m1/s1. The maximum absolute atomic E-state index is 4.42. The molecule has 3 rings (SSSR count). The third-order valence-corrected chi connectivity index (χ3v) is 4.41. The molecule has 1 aromatic heterocycles. The summed E-state index contributed by atoms with van der Waals surface area (Å²) in [5.41, 5.74) is 4.99. The van der Waals surface area contributed by atoms with Gasteiger partial charge in [0.15, 0.2) is 0 Å². The highest BCUT2D eigenvalue weighted by Crippen LogP contribution is 2.28. The molecule has 1 aromatic carbocycles. The summed E-state index contributed by atoms with van der Waals surface area (Å²) in [7, 11) is 1.97. The number of rotatable bonds is 3. The van der Waals surface area contributed by atoms with E-state index < -0.39 is 0 Å². The average Bonchev–Trinajstić information content (AvgIpc) is 3.08. The van der Waals surface area contributed by atoms with E-state index in [9.17, 15) is 0 Å². The number of hydrogen-bond acceptors (Lipinski definition) is 2. The van der Waals surface area contributed by atoms with Gasteiger partial charge in [-0.15, -0.1) is 0 Å². The van der Waals surface area contributed by atoms with E-state index in [1.165, 1.54) is 42.6 Å². The second-order valence-electron chi connectivity index (χ2n) is 5.84. The molecule has 1 aliphatic rings. The topological polar surface area (TPSA) is 21.1 Å². The summed E-state index contributed by atoms with van der Waals surface area (Å²) in [6, 6.07) is 9.52. The molecule has 3 heteroatoms. The van der Waals surface area contributed by atoms with Crippen LogP contribution in [0.15, 0.2) is 30.5 Å². The summed E-state index contributed by atoms with van der Waals surface area (Å²) in [6.45, 7) is 6.86. The van der Waals surface area contributed by atoms with Gasteiger partial charge in [0.2, 0.25) is 0 Å². The largest absolute Gasteiger partial charge is 0.297 e. The Labute approximate surface area is 121 Å². The molecule has 106 valence electrons. The second kappa shape index (κ2) is 5.41. The molecular weight excluding hydrogens is 246 g/mol. The monoisotopic (exact) mass is 269 g/mol. The van der Waals surface area contributed by atoms with E-state index in [-0.39, 0.29) is 0 Å². The smallest absolute Gasteiger partial charge is 0.0671 e. The van der Waals surface area contributed by atoms with Crippen molar-refractivity contribution < 1.29 is 0 Å². The van der Waals surface area contributed by atoms with Crippen molar-refractivity contribution in [2.75, 3.05) is 13.1 Å². The summed E-state index contributed by atoms with van der Waals surface area (Å²) in [4.78, 5) is 2.57. The Bertz CT molecular complexity index is 577. The second-order valence-corrected chi connectivity index (χ2v) is 5.84. The summed E-state index contributed by atoms with van der Waals surface area (Å²) in [6.07, 6.45) is 4.78. The Balaban J connectivity index is 1.82. The van der Waals surface area contributed by atoms with Gasteiger partial charge in [-0.05, 0) is 50.9 Å². The molecule has 2 heterocycles. The first-order valence-corrected chi connectivity index (χ1v) is 7.50. The number of hydrogen-bond donors (Lipinski definition) is 0. The molecule has 0 radical (unpaired) electrons. The predicted octanol–water partition coefficient (Wildman–Crippen LogP) is 3.55. The Kier molecular flexibility index (Phi) is 3.62. The first-order chi connectivity index (χ1) is 9.65. The van der Waals surface area contributed by atoms with Crippen molar-refractivity contribution in [3.05, 3.63) is 41.7 Å². The molecule has 0 amide bonds. The maximum Gasteiger partial charge on any atom is 0.0671 e. The quantitative estimate of drug-likeness (QED) is 0.849. The molecule has 0 spiro atoms. The van der Waals surface area contributed by atoms with Crippen molar-refractivity contribution in [2.24, 2.45) is 7.05 Å². The lowest BCUT2D eigenvalue weighted by atomic mass is 10.0. The highest BCUT2D eigenvalue weighted by Gasteiger charge is 2.19. The van der Waals surface area contributed by atoms with Crippen LogP contribution in [0, 0.1) is 6.92 Å². The van der Waals surface area contributed by atoms with E-state index in [2.05, 4.69) is 54.3 Å². The van der Waals surface area contributed by atoms with Crippen LogP contribution in [0.4, 0.5) is 0 Å². The molecule has 0 bridgehead atoms. The van der Waals surface area contributed by atoms with Crippen molar-refractivity contribution in [1.29, 1.82) is 0 Å². The first-order valence-electron chi connectivity index (χ1n) is 7.50. The van der Waals surface area contributed by atoms with E-state index in [0.29, 0.717) is 6.04 Å². The molecule has 20 heavy (non-hydrogen) atoms. The van der Waals surface area contributed by atoms with Crippen LogP contribution in [0.5, 0.6) is 0 Å². The van der Waals surface area contributed by atoms with E-state index in [1.807, 2.05) is 11.7 Å². The molecule has 1 aliphatic heterocycles. The molecule has 1 fully saturated rings. The number of nitrogens with zero attached hydrogens (tertiary/aromatic N) is 3. The average molecular weight is 269 g/mol. The van der Waals surface area contributed by atoms with Gasteiger partial charge >= 0.3 is 0 Å². The van der Waals surface area contributed by atoms with Crippen molar-refractivity contribution in [3.8, 4) is 11.1 Å². The molecule has 0 N–H and O–H groups in total. The van der Waals surface area contributed by atoms with Gasteiger partial charge < -0.3 is 0 Å². The summed E-state index contributed by atoms with van der Waals surface area (Å²) in [5.74, 6) is 0.